The van der Waals surface area contributed by atoms with E-state index in [2.05, 4.69) is 10.6 Å². The van der Waals surface area contributed by atoms with Gasteiger partial charge in [-0.2, -0.15) is 13.2 Å². The molecule has 134 valence electrons. The standard InChI is InChI=1S/C16H14ClF3N2O2S/c1-23-13-6-4-10(8-14(13)24-2)21-15(25)22-12-5-3-9(17)7-11(12)16(18,19)20/h3-8H,1-2H3,(H2,21,22,25). The molecular weight excluding hydrogens is 377 g/mol. The summed E-state index contributed by atoms with van der Waals surface area (Å²) in [4.78, 5) is 0. The molecular formula is C16H14ClF3N2O2S. The lowest BCUT2D eigenvalue weighted by Crippen LogP contribution is -2.21. The van der Waals surface area contributed by atoms with Crippen LogP contribution in [0.5, 0.6) is 11.5 Å². The number of anilines is 2. The van der Waals surface area contributed by atoms with Crippen molar-refractivity contribution in [2.45, 2.75) is 6.18 Å². The molecule has 0 fully saturated rings. The van der Waals surface area contributed by atoms with Gasteiger partial charge in [0.15, 0.2) is 16.6 Å². The van der Waals surface area contributed by atoms with Crippen LogP contribution in [-0.2, 0) is 6.18 Å². The van der Waals surface area contributed by atoms with E-state index in [-0.39, 0.29) is 15.8 Å². The molecule has 0 heterocycles. The fraction of sp³-hybridized carbons (Fsp3) is 0.188. The summed E-state index contributed by atoms with van der Waals surface area (Å²) in [7, 11) is 2.97. The summed E-state index contributed by atoms with van der Waals surface area (Å²) in [5.41, 5.74) is -0.580. The van der Waals surface area contributed by atoms with Gasteiger partial charge >= 0.3 is 6.18 Å². The predicted octanol–water partition coefficient (Wildman–Crippen LogP) is 5.18. The van der Waals surface area contributed by atoms with Gasteiger partial charge in [0.2, 0.25) is 0 Å². The highest BCUT2D eigenvalue weighted by Gasteiger charge is 2.34. The fourth-order valence-electron chi connectivity index (χ4n) is 2.06. The Kier molecular flexibility index (Phi) is 5.97. The lowest BCUT2D eigenvalue weighted by Gasteiger charge is -2.17. The number of thiocarbonyl (C=S) groups is 1. The normalized spacial score (nSPS) is 11.0. The first kappa shape index (κ1) is 19.1. The highest BCUT2D eigenvalue weighted by atomic mass is 35.5. The molecule has 0 unspecified atom stereocenters. The van der Waals surface area contributed by atoms with Gasteiger partial charge in [-0.15, -0.1) is 0 Å². The van der Waals surface area contributed by atoms with Crippen LogP contribution in [-0.4, -0.2) is 19.3 Å². The number of ether oxygens (including phenoxy) is 2. The van der Waals surface area contributed by atoms with Crippen molar-refractivity contribution in [1.29, 1.82) is 0 Å². The maximum Gasteiger partial charge on any atom is 0.418 e. The number of hydrogen-bond acceptors (Lipinski definition) is 3. The van der Waals surface area contributed by atoms with Crippen LogP contribution in [0.15, 0.2) is 36.4 Å². The van der Waals surface area contributed by atoms with Gasteiger partial charge in [-0.25, -0.2) is 0 Å². The Hall–Kier alpha value is -2.19. The van der Waals surface area contributed by atoms with E-state index < -0.39 is 11.7 Å². The minimum Gasteiger partial charge on any atom is -0.493 e. The van der Waals surface area contributed by atoms with Gasteiger partial charge in [0, 0.05) is 16.8 Å². The molecule has 0 saturated carbocycles. The second-order valence-electron chi connectivity index (χ2n) is 4.84. The molecule has 0 aliphatic rings. The van der Waals surface area contributed by atoms with Gasteiger partial charge in [-0.05, 0) is 42.5 Å². The second-order valence-corrected chi connectivity index (χ2v) is 5.68. The van der Waals surface area contributed by atoms with Gasteiger partial charge in [0.05, 0.1) is 25.5 Å². The average Bonchev–Trinajstić information content (AvgIpc) is 2.55. The third kappa shape index (κ3) is 4.90. The van der Waals surface area contributed by atoms with Crippen LogP contribution in [0.2, 0.25) is 5.02 Å². The second kappa shape index (κ2) is 7.79. The van der Waals surface area contributed by atoms with E-state index in [4.69, 9.17) is 33.3 Å². The molecule has 25 heavy (non-hydrogen) atoms. The summed E-state index contributed by atoms with van der Waals surface area (Å²) in [5, 5.41) is 5.29. The first-order valence-electron chi connectivity index (χ1n) is 6.91. The quantitative estimate of drug-likeness (QED) is 0.704. The number of hydrogen-bond donors (Lipinski definition) is 2. The summed E-state index contributed by atoms with van der Waals surface area (Å²) in [5.74, 6) is 0.974. The molecule has 0 bridgehead atoms. The molecule has 9 heteroatoms. The Labute approximate surface area is 152 Å². The lowest BCUT2D eigenvalue weighted by molar-refractivity contribution is -0.136. The van der Waals surface area contributed by atoms with E-state index in [0.717, 1.165) is 6.07 Å². The molecule has 0 amide bonds. The number of alkyl halides is 3. The van der Waals surface area contributed by atoms with Crippen molar-refractivity contribution in [2.24, 2.45) is 0 Å². The van der Waals surface area contributed by atoms with Gasteiger partial charge in [0.25, 0.3) is 0 Å². The highest BCUT2D eigenvalue weighted by molar-refractivity contribution is 7.80. The summed E-state index contributed by atoms with van der Waals surface area (Å²) in [6, 6.07) is 8.31. The number of rotatable bonds is 4. The first-order chi connectivity index (χ1) is 11.7. The van der Waals surface area contributed by atoms with Crippen LogP contribution in [0.1, 0.15) is 5.56 Å². The number of halogens is 4. The zero-order valence-electron chi connectivity index (χ0n) is 13.2. The molecule has 0 aliphatic carbocycles. The third-order valence-corrected chi connectivity index (χ3v) is 3.62. The largest absolute Gasteiger partial charge is 0.493 e. The van der Waals surface area contributed by atoms with E-state index in [1.807, 2.05) is 0 Å². The molecule has 0 atom stereocenters. The van der Waals surface area contributed by atoms with Crippen molar-refractivity contribution in [2.75, 3.05) is 24.9 Å². The van der Waals surface area contributed by atoms with Crippen molar-refractivity contribution < 1.29 is 22.6 Å². The Bertz CT molecular complexity index is 784. The molecule has 2 rings (SSSR count). The van der Waals surface area contributed by atoms with Crippen molar-refractivity contribution in [3.05, 3.63) is 47.0 Å². The number of nitrogens with one attached hydrogen (secondary N) is 2. The van der Waals surface area contributed by atoms with Gasteiger partial charge in [-0.1, -0.05) is 11.6 Å². The van der Waals surface area contributed by atoms with E-state index >= 15 is 0 Å². The van der Waals surface area contributed by atoms with E-state index in [1.165, 1.54) is 26.4 Å². The Balaban J connectivity index is 2.19. The smallest absolute Gasteiger partial charge is 0.418 e. The monoisotopic (exact) mass is 390 g/mol. The zero-order valence-corrected chi connectivity index (χ0v) is 14.8. The van der Waals surface area contributed by atoms with Gasteiger partial charge in [-0.3, -0.25) is 0 Å². The maximum atomic E-state index is 13.1. The molecule has 2 N–H and O–H groups in total. The van der Waals surface area contributed by atoms with Crippen LogP contribution < -0.4 is 20.1 Å². The average molecular weight is 391 g/mol. The molecule has 2 aromatic carbocycles. The van der Waals surface area contributed by atoms with Gasteiger partial charge in [0.1, 0.15) is 0 Å². The van der Waals surface area contributed by atoms with Crippen molar-refractivity contribution in [3.8, 4) is 11.5 Å². The molecule has 0 aromatic heterocycles. The van der Waals surface area contributed by atoms with Crippen LogP contribution in [0.25, 0.3) is 0 Å². The van der Waals surface area contributed by atoms with E-state index in [0.29, 0.717) is 17.2 Å². The Morgan fingerprint density at radius 1 is 1.00 bits per heavy atom. The molecule has 0 aliphatic heterocycles. The number of benzene rings is 2. The van der Waals surface area contributed by atoms with E-state index in [1.54, 1.807) is 18.2 Å². The minimum atomic E-state index is -4.56. The fourth-order valence-corrected chi connectivity index (χ4v) is 2.46. The third-order valence-electron chi connectivity index (χ3n) is 3.18. The van der Waals surface area contributed by atoms with Crippen molar-refractivity contribution in [1.82, 2.24) is 0 Å². The summed E-state index contributed by atoms with van der Waals surface area (Å²) in [6.45, 7) is 0. The van der Waals surface area contributed by atoms with Crippen molar-refractivity contribution >= 4 is 40.3 Å². The SMILES string of the molecule is COc1ccc(NC(=S)Nc2ccc(Cl)cc2C(F)(F)F)cc1OC. The first-order valence-corrected chi connectivity index (χ1v) is 7.70. The summed E-state index contributed by atoms with van der Waals surface area (Å²) >= 11 is 10.7. The zero-order chi connectivity index (χ0) is 18.6. The Morgan fingerprint density at radius 2 is 1.68 bits per heavy atom. The van der Waals surface area contributed by atoms with Crippen molar-refractivity contribution in [3.63, 3.8) is 0 Å². The molecule has 4 nitrogen and oxygen atoms in total. The van der Waals surface area contributed by atoms with E-state index in [9.17, 15) is 13.2 Å². The molecule has 0 spiro atoms. The van der Waals surface area contributed by atoms with Crippen LogP contribution in [0.3, 0.4) is 0 Å². The highest BCUT2D eigenvalue weighted by Crippen LogP contribution is 2.36. The van der Waals surface area contributed by atoms with Gasteiger partial charge < -0.3 is 20.1 Å². The van der Waals surface area contributed by atoms with Crippen LogP contribution in [0, 0.1) is 0 Å². The molecule has 0 radical (unpaired) electrons. The predicted molar refractivity (Wildman–Crippen MR) is 95.8 cm³/mol. The summed E-state index contributed by atoms with van der Waals surface area (Å²) in [6.07, 6.45) is -4.56. The molecule has 2 aromatic rings. The molecule has 0 saturated heterocycles. The Morgan fingerprint density at radius 3 is 2.28 bits per heavy atom. The minimum absolute atomic E-state index is 0.0138. The maximum absolute atomic E-state index is 13.1. The lowest BCUT2D eigenvalue weighted by atomic mass is 10.1. The number of methoxy groups -OCH3 is 2. The summed E-state index contributed by atoms with van der Waals surface area (Å²) < 4.78 is 49.6. The van der Waals surface area contributed by atoms with Crippen LogP contribution >= 0.6 is 23.8 Å². The van der Waals surface area contributed by atoms with Crippen LogP contribution in [0.4, 0.5) is 24.5 Å². The topological polar surface area (TPSA) is 42.5 Å².